The van der Waals surface area contributed by atoms with Crippen LogP contribution in [0.15, 0.2) is 54.1 Å². The molecule has 1 heterocycles. The van der Waals surface area contributed by atoms with E-state index in [1.54, 1.807) is 48.5 Å². The van der Waals surface area contributed by atoms with E-state index in [4.69, 9.17) is 9.47 Å². The second-order valence-corrected chi connectivity index (χ2v) is 6.78. The van der Waals surface area contributed by atoms with Crippen molar-refractivity contribution in [3.63, 3.8) is 0 Å². The molecular weight excluding hydrogens is 374 g/mol. The van der Waals surface area contributed by atoms with Crippen LogP contribution in [0.4, 0.5) is 0 Å². The van der Waals surface area contributed by atoms with Crippen molar-refractivity contribution in [2.24, 2.45) is 0 Å². The Bertz CT molecular complexity index is 951. The molecule has 7 nitrogen and oxygen atoms in total. The van der Waals surface area contributed by atoms with Crippen LogP contribution in [0.1, 0.15) is 24.1 Å². The highest BCUT2D eigenvalue weighted by Gasteiger charge is 2.46. The molecule has 0 aliphatic carbocycles. The molecule has 152 valence electrons. The van der Waals surface area contributed by atoms with Gasteiger partial charge in [-0.05, 0) is 24.6 Å². The number of hydrogen-bond donors (Lipinski definition) is 2. The largest absolute Gasteiger partial charge is 0.507 e. The number of ether oxygens (including phenoxy) is 2. The first-order chi connectivity index (χ1) is 13.9. The van der Waals surface area contributed by atoms with Crippen molar-refractivity contribution in [2.75, 3.05) is 20.8 Å². The first kappa shape index (κ1) is 20.4. The monoisotopic (exact) mass is 397 g/mol. The maximum Gasteiger partial charge on any atom is 0.295 e. The molecule has 2 N–H and O–H groups in total. The minimum atomic E-state index is -0.871. The lowest BCUT2D eigenvalue weighted by atomic mass is 9.95. The number of likely N-dealkylation sites (tertiary alicyclic amines) is 1. The zero-order valence-electron chi connectivity index (χ0n) is 16.5. The molecule has 3 rings (SSSR count). The highest BCUT2D eigenvalue weighted by molar-refractivity contribution is 6.46. The number of β-amino-alcohol motifs (C(OH)–C–C–N with tert-alkyl or cyclic N) is 1. The van der Waals surface area contributed by atoms with Gasteiger partial charge in [0.25, 0.3) is 11.7 Å². The average molecular weight is 397 g/mol. The van der Waals surface area contributed by atoms with Gasteiger partial charge in [-0.25, -0.2) is 0 Å². The Hall–Kier alpha value is -3.32. The SMILES string of the molecule is COc1ccc([C@H]2C(=C(O)c3ccccc3)C(=O)C(=O)N2C[C@@H](C)O)cc1OC. The number of aliphatic hydroxyl groups excluding tert-OH is 2. The summed E-state index contributed by atoms with van der Waals surface area (Å²) in [6.07, 6.45) is -0.854. The van der Waals surface area contributed by atoms with Crippen LogP contribution < -0.4 is 9.47 Å². The molecule has 0 spiro atoms. The van der Waals surface area contributed by atoms with Crippen LogP contribution in [-0.2, 0) is 9.59 Å². The Morgan fingerprint density at radius 1 is 1.07 bits per heavy atom. The van der Waals surface area contributed by atoms with E-state index in [9.17, 15) is 19.8 Å². The van der Waals surface area contributed by atoms with E-state index < -0.39 is 23.8 Å². The number of carbonyl (C=O) groups excluding carboxylic acids is 2. The van der Waals surface area contributed by atoms with Gasteiger partial charge in [0.05, 0.1) is 31.9 Å². The van der Waals surface area contributed by atoms with Crippen LogP contribution in [0.2, 0.25) is 0 Å². The normalized spacial score (nSPS) is 19.3. The minimum Gasteiger partial charge on any atom is -0.507 e. The quantitative estimate of drug-likeness (QED) is 0.442. The van der Waals surface area contributed by atoms with Gasteiger partial charge in [0.2, 0.25) is 0 Å². The number of amides is 1. The lowest BCUT2D eigenvalue weighted by Gasteiger charge is -2.27. The molecule has 0 unspecified atom stereocenters. The second kappa shape index (κ2) is 8.36. The number of ketones is 1. The van der Waals surface area contributed by atoms with E-state index in [0.29, 0.717) is 22.6 Å². The highest BCUT2D eigenvalue weighted by Crippen LogP contribution is 2.41. The molecule has 1 saturated heterocycles. The van der Waals surface area contributed by atoms with Gasteiger partial charge >= 0.3 is 0 Å². The first-order valence-electron chi connectivity index (χ1n) is 9.12. The van der Waals surface area contributed by atoms with Crippen molar-refractivity contribution in [3.8, 4) is 11.5 Å². The molecule has 0 aromatic heterocycles. The van der Waals surface area contributed by atoms with E-state index in [0.717, 1.165) is 0 Å². The molecular formula is C22H23NO6. The fourth-order valence-corrected chi connectivity index (χ4v) is 3.47. The Morgan fingerprint density at radius 3 is 2.31 bits per heavy atom. The fourth-order valence-electron chi connectivity index (χ4n) is 3.47. The summed E-state index contributed by atoms with van der Waals surface area (Å²) in [5, 5.41) is 20.8. The zero-order chi connectivity index (χ0) is 21.1. The molecule has 1 amide bonds. The van der Waals surface area contributed by atoms with E-state index in [1.807, 2.05) is 0 Å². The van der Waals surface area contributed by atoms with Crippen LogP contribution in [0.3, 0.4) is 0 Å². The zero-order valence-corrected chi connectivity index (χ0v) is 16.5. The predicted octanol–water partition coefficient (Wildman–Crippen LogP) is 2.51. The van der Waals surface area contributed by atoms with Crippen molar-refractivity contribution in [1.29, 1.82) is 0 Å². The molecule has 1 fully saturated rings. The third-order valence-corrected chi connectivity index (χ3v) is 4.77. The van der Waals surface area contributed by atoms with Crippen molar-refractivity contribution in [1.82, 2.24) is 4.90 Å². The maximum atomic E-state index is 12.8. The third-order valence-electron chi connectivity index (χ3n) is 4.77. The summed E-state index contributed by atoms with van der Waals surface area (Å²) in [6, 6.07) is 12.7. The number of nitrogens with zero attached hydrogens (tertiary/aromatic N) is 1. The molecule has 1 aliphatic heterocycles. The van der Waals surface area contributed by atoms with Gasteiger partial charge in [0, 0.05) is 12.1 Å². The van der Waals surface area contributed by atoms with Gasteiger partial charge in [-0.3, -0.25) is 9.59 Å². The van der Waals surface area contributed by atoms with Crippen LogP contribution in [0, 0.1) is 0 Å². The van der Waals surface area contributed by atoms with Gasteiger partial charge in [0.15, 0.2) is 11.5 Å². The Morgan fingerprint density at radius 2 is 1.72 bits per heavy atom. The summed E-state index contributed by atoms with van der Waals surface area (Å²) in [4.78, 5) is 26.8. The Labute approximate surface area is 168 Å². The number of benzene rings is 2. The fraction of sp³-hybridized carbons (Fsp3) is 0.273. The Kier molecular flexibility index (Phi) is 5.89. The summed E-state index contributed by atoms with van der Waals surface area (Å²) >= 11 is 0. The third kappa shape index (κ3) is 3.82. The lowest BCUT2D eigenvalue weighted by molar-refractivity contribution is -0.140. The topological polar surface area (TPSA) is 96.3 Å². The van der Waals surface area contributed by atoms with Gasteiger partial charge in [-0.15, -0.1) is 0 Å². The van der Waals surface area contributed by atoms with Crippen LogP contribution >= 0.6 is 0 Å². The highest BCUT2D eigenvalue weighted by atomic mass is 16.5. The van der Waals surface area contributed by atoms with E-state index >= 15 is 0 Å². The number of Topliss-reactive ketones (excluding diaryl/α,β-unsaturated/α-hetero) is 1. The molecule has 2 atom stereocenters. The number of hydrogen-bond acceptors (Lipinski definition) is 6. The molecule has 7 heteroatoms. The van der Waals surface area contributed by atoms with Crippen LogP contribution in [-0.4, -0.2) is 53.7 Å². The molecule has 2 aromatic carbocycles. The number of methoxy groups -OCH3 is 2. The van der Waals surface area contributed by atoms with Crippen LogP contribution in [0.25, 0.3) is 5.76 Å². The summed E-state index contributed by atoms with van der Waals surface area (Å²) in [6.45, 7) is 1.47. The number of aliphatic hydroxyl groups is 2. The molecule has 0 radical (unpaired) electrons. The van der Waals surface area contributed by atoms with Gasteiger partial charge < -0.3 is 24.6 Å². The Balaban J connectivity index is 2.21. The summed E-state index contributed by atoms with van der Waals surface area (Å²) in [5.74, 6) is -0.925. The van der Waals surface area contributed by atoms with Gasteiger partial charge in [0.1, 0.15) is 5.76 Å². The summed E-state index contributed by atoms with van der Waals surface area (Å²) in [7, 11) is 2.99. The first-order valence-corrected chi connectivity index (χ1v) is 9.12. The average Bonchev–Trinajstić information content (AvgIpc) is 2.97. The van der Waals surface area contributed by atoms with Crippen molar-refractivity contribution < 1.29 is 29.3 Å². The van der Waals surface area contributed by atoms with Gasteiger partial charge in [-0.1, -0.05) is 36.4 Å². The lowest BCUT2D eigenvalue weighted by Crippen LogP contribution is -2.35. The van der Waals surface area contributed by atoms with Gasteiger partial charge in [-0.2, -0.15) is 0 Å². The minimum absolute atomic E-state index is 0.0333. The molecule has 1 aliphatic rings. The van der Waals surface area contributed by atoms with Crippen molar-refractivity contribution in [2.45, 2.75) is 19.1 Å². The summed E-state index contributed by atoms with van der Waals surface area (Å²) < 4.78 is 10.6. The number of rotatable bonds is 6. The smallest absolute Gasteiger partial charge is 0.295 e. The second-order valence-electron chi connectivity index (χ2n) is 6.78. The van der Waals surface area contributed by atoms with Crippen molar-refractivity contribution >= 4 is 17.4 Å². The van der Waals surface area contributed by atoms with Crippen molar-refractivity contribution in [3.05, 3.63) is 65.2 Å². The number of carbonyl (C=O) groups is 2. The molecule has 0 bridgehead atoms. The molecule has 2 aromatic rings. The van der Waals surface area contributed by atoms with E-state index in [1.165, 1.54) is 26.0 Å². The maximum absolute atomic E-state index is 12.8. The predicted molar refractivity (Wildman–Crippen MR) is 107 cm³/mol. The molecule has 0 saturated carbocycles. The standard InChI is InChI=1S/C22H23NO6/c1-13(24)12-23-19(15-9-10-16(28-2)17(11-15)29-3)18(21(26)22(23)27)20(25)14-7-5-4-6-8-14/h4-11,13,19,24-25H,12H2,1-3H3/t13-,19+/m1/s1. The van der Waals surface area contributed by atoms with Crippen LogP contribution in [0.5, 0.6) is 11.5 Å². The molecule has 29 heavy (non-hydrogen) atoms. The van der Waals surface area contributed by atoms with E-state index in [2.05, 4.69) is 0 Å². The summed E-state index contributed by atoms with van der Waals surface area (Å²) in [5.41, 5.74) is 0.946. The van der Waals surface area contributed by atoms with E-state index in [-0.39, 0.29) is 17.9 Å².